The topological polar surface area (TPSA) is 76.8 Å². The van der Waals surface area contributed by atoms with Crippen LogP contribution in [0.15, 0.2) is 22.1 Å². The fourth-order valence-electron chi connectivity index (χ4n) is 0.443. The molecule has 0 saturated heterocycles. The molecule has 0 spiro atoms. The number of rotatable bonds is 1. The van der Waals surface area contributed by atoms with Crippen LogP contribution >= 0.6 is 0 Å². The van der Waals surface area contributed by atoms with E-state index in [9.17, 15) is 0 Å². The lowest BCUT2D eigenvalue weighted by atomic mass is 10.5. The molecular weight excluding hydrogens is 128 g/mol. The van der Waals surface area contributed by atoms with Gasteiger partial charge in [0.05, 0.1) is 0 Å². The van der Waals surface area contributed by atoms with Gasteiger partial charge < -0.3 is 11.5 Å². The molecule has 10 heavy (non-hydrogen) atoms. The molecule has 0 unspecified atom stereocenters. The fraction of sp³-hybridized carbons (Fsp3) is 0.333. The van der Waals surface area contributed by atoms with Crippen LogP contribution in [0, 0.1) is 0 Å². The first-order chi connectivity index (χ1) is 4.70. The predicted octanol–water partition coefficient (Wildman–Crippen LogP) is -0.136. The number of hydrogen-bond acceptors (Lipinski definition) is 1. The summed E-state index contributed by atoms with van der Waals surface area (Å²) in [6.45, 7) is 1.87. The fourth-order valence-corrected chi connectivity index (χ4v) is 0.443. The van der Waals surface area contributed by atoms with Crippen LogP contribution in [-0.4, -0.2) is 18.8 Å². The number of amidine groups is 1. The largest absolute Gasteiger partial charge is 0.370 e. The summed E-state index contributed by atoms with van der Waals surface area (Å²) in [6.07, 6.45) is 3.54. The van der Waals surface area contributed by atoms with Gasteiger partial charge in [0, 0.05) is 7.05 Å². The number of hydrogen-bond donors (Lipinski definition) is 2. The highest BCUT2D eigenvalue weighted by Gasteiger charge is 1.85. The number of nitrogens with zero attached hydrogens (tertiary/aromatic N) is 2. The van der Waals surface area contributed by atoms with Gasteiger partial charge in [-0.25, -0.2) is 0 Å². The monoisotopic (exact) mass is 140 g/mol. The quantitative estimate of drug-likeness (QED) is 0.393. The zero-order valence-corrected chi connectivity index (χ0v) is 6.20. The molecular formula is C6H12N4. The number of allylic oxidation sites excluding steroid dienone is 1. The third kappa shape index (κ3) is 3.65. The maximum atomic E-state index is 5.11. The highest BCUT2D eigenvalue weighted by molar-refractivity contribution is 6.01. The van der Waals surface area contributed by atoms with Gasteiger partial charge in [-0.3, -0.25) is 4.99 Å². The SMILES string of the molecule is CC=CC(N=C(N)N)=NC. The summed E-state index contributed by atoms with van der Waals surface area (Å²) in [7, 11) is 1.63. The van der Waals surface area contributed by atoms with E-state index < -0.39 is 0 Å². The summed E-state index contributed by atoms with van der Waals surface area (Å²) in [4.78, 5) is 7.52. The molecule has 0 saturated carbocycles. The Morgan fingerprint density at radius 2 is 2.00 bits per heavy atom. The molecule has 0 atom stereocenters. The van der Waals surface area contributed by atoms with Gasteiger partial charge in [-0.1, -0.05) is 6.08 Å². The molecule has 4 N–H and O–H groups in total. The molecule has 0 fully saturated rings. The molecule has 0 aliphatic rings. The minimum Gasteiger partial charge on any atom is -0.370 e. The molecule has 4 nitrogen and oxygen atoms in total. The number of guanidine groups is 1. The van der Waals surface area contributed by atoms with E-state index >= 15 is 0 Å². The molecule has 56 valence electrons. The first-order valence-corrected chi connectivity index (χ1v) is 2.89. The molecule has 0 aromatic carbocycles. The zero-order chi connectivity index (χ0) is 7.98. The van der Waals surface area contributed by atoms with Crippen LogP contribution < -0.4 is 11.5 Å². The molecule has 0 radical (unpaired) electrons. The average Bonchev–Trinajstić information content (AvgIpc) is 1.86. The van der Waals surface area contributed by atoms with Crippen LogP contribution in [0.1, 0.15) is 6.92 Å². The Morgan fingerprint density at radius 3 is 2.30 bits per heavy atom. The Hall–Kier alpha value is -1.32. The minimum absolute atomic E-state index is 0.0266. The molecule has 0 aliphatic carbocycles. The molecule has 4 heteroatoms. The summed E-state index contributed by atoms with van der Waals surface area (Å²) in [5.74, 6) is 0.557. The van der Waals surface area contributed by atoms with E-state index in [-0.39, 0.29) is 5.96 Å². The van der Waals surface area contributed by atoms with Gasteiger partial charge >= 0.3 is 0 Å². The first kappa shape index (κ1) is 8.68. The molecule has 0 aliphatic heterocycles. The van der Waals surface area contributed by atoms with Gasteiger partial charge in [0.2, 0.25) is 0 Å². The lowest BCUT2D eigenvalue weighted by Gasteiger charge is -1.90. The molecule has 0 aromatic heterocycles. The molecule has 0 amide bonds. The molecule has 0 rings (SSSR count). The second-order valence-corrected chi connectivity index (χ2v) is 1.62. The van der Waals surface area contributed by atoms with Crippen LogP contribution in [0.4, 0.5) is 0 Å². The van der Waals surface area contributed by atoms with E-state index in [4.69, 9.17) is 11.5 Å². The molecule has 0 heterocycles. The Labute approximate surface area is 60.3 Å². The van der Waals surface area contributed by atoms with Crippen LogP contribution in [-0.2, 0) is 0 Å². The van der Waals surface area contributed by atoms with Gasteiger partial charge in [-0.05, 0) is 13.0 Å². The van der Waals surface area contributed by atoms with Crippen molar-refractivity contribution in [2.24, 2.45) is 21.5 Å². The standard InChI is InChI=1S/C6H12N4/c1-3-4-5(9-2)10-6(7)8/h3-4H,1-2H3,(H4,7,8,9,10). The van der Waals surface area contributed by atoms with Crippen molar-refractivity contribution in [2.45, 2.75) is 6.92 Å². The van der Waals surface area contributed by atoms with Gasteiger partial charge in [0.15, 0.2) is 11.8 Å². The van der Waals surface area contributed by atoms with E-state index in [1.807, 2.05) is 13.0 Å². The third-order valence-corrected chi connectivity index (χ3v) is 0.788. The summed E-state index contributed by atoms with van der Waals surface area (Å²) >= 11 is 0. The van der Waals surface area contributed by atoms with Gasteiger partial charge in [-0.15, -0.1) is 0 Å². The Bertz CT molecular complexity index is 174. The Kier molecular flexibility index (Phi) is 3.95. The third-order valence-electron chi connectivity index (χ3n) is 0.788. The van der Waals surface area contributed by atoms with Gasteiger partial charge in [0.25, 0.3) is 0 Å². The zero-order valence-electron chi connectivity index (χ0n) is 6.20. The second kappa shape index (κ2) is 4.55. The molecule has 0 bridgehead atoms. The van der Waals surface area contributed by atoms with Crippen LogP contribution in [0.3, 0.4) is 0 Å². The highest BCUT2D eigenvalue weighted by Crippen LogP contribution is 1.81. The summed E-state index contributed by atoms with van der Waals surface area (Å²) in [5.41, 5.74) is 10.2. The van der Waals surface area contributed by atoms with Crippen molar-refractivity contribution >= 4 is 11.8 Å². The van der Waals surface area contributed by atoms with E-state index in [0.717, 1.165) is 0 Å². The van der Waals surface area contributed by atoms with Crippen molar-refractivity contribution in [3.05, 3.63) is 12.2 Å². The van der Waals surface area contributed by atoms with Gasteiger partial charge in [0.1, 0.15) is 0 Å². The van der Waals surface area contributed by atoms with Crippen molar-refractivity contribution < 1.29 is 0 Å². The van der Waals surface area contributed by atoms with Crippen LogP contribution in [0.5, 0.6) is 0 Å². The normalized spacial score (nSPS) is 12.0. The molecule has 0 aromatic rings. The maximum absolute atomic E-state index is 5.11. The van der Waals surface area contributed by atoms with E-state index in [2.05, 4.69) is 9.98 Å². The smallest absolute Gasteiger partial charge is 0.192 e. The Balaban J connectivity index is 4.26. The lowest BCUT2D eigenvalue weighted by Crippen LogP contribution is -2.23. The van der Waals surface area contributed by atoms with Crippen LogP contribution in [0.25, 0.3) is 0 Å². The first-order valence-electron chi connectivity index (χ1n) is 2.89. The predicted molar refractivity (Wildman–Crippen MR) is 44.0 cm³/mol. The maximum Gasteiger partial charge on any atom is 0.192 e. The van der Waals surface area contributed by atoms with Crippen molar-refractivity contribution in [1.82, 2.24) is 0 Å². The van der Waals surface area contributed by atoms with Crippen molar-refractivity contribution in [1.29, 1.82) is 0 Å². The summed E-state index contributed by atoms with van der Waals surface area (Å²) < 4.78 is 0. The van der Waals surface area contributed by atoms with Gasteiger partial charge in [-0.2, -0.15) is 4.99 Å². The number of aliphatic imine (C=N–C) groups is 2. The van der Waals surface area contributed by atoms with Crippen molar-refractivity contribution in [2.75, 3.05) is 7.05 Å². The minimum atomic E-state index is 0.0266. The number of nitrogens with two attached hydrogens (primary N) is 2. The van der Waals surface area contributed by atoms with Crippen LogP contribution in [0.2, 0.25) is 0 Å². The Morgan fingerprint density at radius 1 is 1.40 bits per heavy atom. The summed E-state index contributed by atoms with van der Waals surface area (Å²) in [6, 6.07) is 0. The van der Waals surface area contributed by atoms with E-state index in [1.54, 1.807) is 13.1 Å². The summed E-state index contributed by atoms with van der Waals surface area (Å²) in [5, 5.41) is 0. The average molecular weight is 140 g/mol. The van der Waals surface area contributed by atoms with Crippen molar-refractivity contribution in [3.8, 4) is 0 Å². The van der Waals surface area contributed by atoms with E-state index in [1.165, 1.54) is 0 Å². The lowest BCUT2D eigenvalue weighted by molar-refractivity contribution is 1.38. The van der Waals surface area contributed by atoms with Crippen molar-refractivity contribution in [3.63, 3.8) is 0 Å². The highest BCUT2D eigenvalue weighted by atomic mass is 15.0. The second-order valence-electron chi connectivity index (χ2n) is 1.62. The van der Waals surface area contributed by atoms with E-state index in [0.29, 0.717) is 5.84 Å².